The molecule has 0 fully saturated rings. The fourth-order valence-electron chi connectivity index (χ4n) is 2.97. The Kier molecular flexibility index (Phi) is 6.34. The average molecular weight is 415 g/mol. The summed E-state index contributed by atoms with van der Waals surface area (Å²) in [6, 6.07) is 7.99. The fraction of sp³-hybridized carbons (Fsp3) is 0.273. The van der Waals surface area contributed by atoms with Crippen LogP contribution >= 0.6 is 0 Å². The predicted molar refractivity (Wildman–Crippen MR) is 111 cm³/mol. The van der Waals surface area contributed by atoms with Crippen molar-refractivity contribution >= 4 is 11.6 Å². The van der Waals surface area contributed by atoms with Crippen molar-refractivity contribution in [2.75, 3.05) is 19.0 Å². The molecule has 0 saturated carbocycles. The number of aryl methyl sites for hydroxylation is 1. The highest BCUT2D eigenvalue weighted by Crippen LogP contribution is 2.25. The van der Waals surface area contributed by atoms with Crippen molar-refractivity contribution < 1.29 is 18.3 Å². The van der Waals surface area contributed by atoms with Gasteiger partial charge in [-0.25, -0.2) is 8.78 Å². The Hall–Kier alpha value is -3.42. The maximum atomic E-state index is 14.0. The second-order valence-electron chi connectivity index (χ2n) is 6.79. The van der Waals surface area contributed by atoms with E-state index in [1.54, 1.807) is 10.6 Å². The molecule has 0 aliphatic rings. The van der Waals surface area contributed by atoms with Crippen LogP contribution in [0.2, 0.25) is 0 Å². The number of benzene rings is 2. The van der Waals surface area contributed by atoms with E-state index in [0.29, 0.717) is 17.9 Å². The van der Waals surface area contributed by atoms with Crippen LogP contribution in [0.1, 0.15) is 23.6 Å². The highest BCUT2D eigenvalue weighted by atomic mass is 19.1. The lowest BCUT2D eigenvalue weighted by atomic mass is 10.1. The number of hydrogen-bond donors (Lipinski definition) is 1. The number of nitrogens with zero attached hydrogens (tertiary/aromatic N) is 2. The molecule has 1 aromatic heterocycles. The number of hydrogen-bond acceptors (Lipinski definition) is 5. The summed E-state index contributed by atoms with van der Waals surface area (Å²) in [4.78, 5) is 16.3. The molecule has 30 heavy (non-hydrogen) atoms. The topological polar surface area (TPSA) is 65.4 Å². The molecule has 0 atom stereocenters. The normalized spacial score (nSPS) is 10.7. The van der Waals surface area contributed by atoms with Crippen LogP contribution in [0.5, 0.6) is 11.5 Å². The van der Waals surface area contributed by atoms with Crippen LogP contribution < -0.4 is 20.3 Å². The molecule has 0 radical (unpaired) electrons. The van der Waals surface area contributed by atoms with Gasteiger partial charge in [0.15, 0.2) is 0 Å². The minimum atomic E-state index is -0.636. The third-order valence-corrected chi connectivity index (χ3v) is 4.63. The lowest BCUT2D eigenvalue weighted by Gasteiger charge is -2.17. The van der Waals surface area contributed by atoms with Crippen molar-refractivity contribution in [2.24, 2.45) is 0 Å². The first kappa shape index (κ1) is 21.3. The van der Waals surface area contributed by atoms with Crippen LogP contribution in [0.3, 0.4) is 0 Å². The van der Waals surface area contributed by atoms with Gasteiger partial charge in [-0.05, 0) is 62.2 Å². The molecule has 2 aromatic carbocycles. The van der Waals surface area contributed by atoms with E-state index >= 15 is 0 Å². The number of aromatic nitrogens is 2. The van der Waals surface area contributed by atoms with Gasteiger partial charge >= 0.3 is 5.56 Å². The summed E-state index contributed by atoms with van der Waals surface area (Å²) < 4.78 is 40.1. The Morgan fingerprint density at radius 1 is 1.13 bits per heavy atom. The van der Waals surface area contributed by atoms with Crippen molar-refractivity contribution in [3.63, 3.8) is 0 Å². The SMILES string of the molecule is CCOc1ccc(Nc2nc(=O)c(OC)cn2Cc2cc(F)c(C)c(F)c2)c(C)c1. The van der Waals surface area contributed by atoms with Gasteiger partial charge in [-0.15, -0.1) is 0 Å². The van der Waals surface area contributed by atoms with Crippen LogP contribution in [-0.4, -0.2) is 23.3 Å². The zero-order valence-electron chi connectivity index (χ0n) is 17.3. The summed E-state index contributed by atoms with van der Waals surface area (Å²) in [6.07, 6.45) is 1.46. The first-order chi connectivity index (χ1) is 14.3. The minimum Gasteiger partial charge on any atom is -0.494 e. The van der Waals surface area contributed by atoms with Crippen LogP contribution in [0, 0.1) is 25.5 Å². The van der Waals surface area contributed by atoms with Crippen LogP contribution in [0.4, 0.5) is 20.4 Å². The zero-order valence-corrected chi connectivity index (χ0v) is 17.3. The highest BCUT2D eigenvalue weighted by Gasteiger charge is 2.13. The minimum absolute atomic E-state index is 0.0250. The van der Waals surface area contributed by atoms with E-state index in [0.717, 1.165) is 11.3 Å². The zero-order chi connectivity index (χ0) is 21.8. The van der Waals surface area contributed by atoms with Gasteiger partial charge in [-0.2, -0.15) is 4.98 Å². The second kappa shape index (κ2) is 8.94. The molecule has 0 aliphatic carbocycles. The van der Waals surface area contributed by atoms with Gasteiger partial charge in [-0.1, -0.05) is 0 Å². The molecule has 0 aliphatic heterocycles. The number of methoxy groups -OCH3 is 1. The van der Waals surface area contributed by atoms with Crippen LogP contribution in [-0.2, 0) is 6.54 Å². The fourth-order valence-corrected chi connectivity index (χ4v) is 2.97. The molecule has 158 valence electrons. The Balaban J connectivity index is 2.00. The molecule has 0 amide bonds. The molecule has 8 heteroatoms. The van der Waals surface area contributed by atoms with Crippen molar-refractivity contribution in [1.29, 1.82) is 0 Å². The Morgan fingerprint density at radius 2 is 1.83 bits per heavy atom. The van der Waals surface area contributed by atoms with E-state index < -0.39 is 17.2 Å². The van der Waals surface area contributed by atoms with Crippen molar-refractivity contribution in [3.05, 3.63) is 75.2 Å². The van der Waals surface area contributed by atoms with Crippen LogP contribution in [0.25, 0.3) is 0 Å². The van der Waals surface area contributed by atoms with E-state index in [-0.39, 0.29) is 23.8 Å². The predicted octanol–water partition coefficient (Wildman–Crippen LogP) is 4.34. The van der Waals surface area contributed by atoms with Gasteiger partial charge in [0.25, 0.3) is 0 Å². The van der Waals surface area contributed by atoms with Gasteiger partial charge in [0.05, 0.1) is 26.5 Å². The number of ether oxygens (including phenoxy) is 2. The van der Waals surface area contributed by atoms with Gasteiger partial charge in [0, 0.05) is 11.3 Å². The quantitative estimate of drug-likeness (QED) is 0.622. The highest BCUT2D eigenvalue weighted by molar-refractivity contribution is 5.60. The number of rotatable bonds is 7. The van der Waals surface area contributed by atoms with E-state index in [2.05, 4.69) is 10.3 Å². The molecule has 3 aromatic rings. The Bertz CT molecular complexity index is 1110. The summed E-state index contributed by atoms with van der Waals surface area (Å²) >= 11 is 0. The number of nitrogens with one attached hydrogen (secondary N) is 1. The van der Waals surface area contributed by atoms with Gasteiger partial charge in [0.2, 0.25) is 11.7 Å². The molecule has 3 rings (SSSR count). The lowest BCUT2D eigenvalue weighted by molar-refractivity contribution is 0.340. The van der Waals surface area contributed by atoms with E-state index in [1.165, 1.54) is 32.4 Å². The first-order valence-electron chi connectivity index (χ1n) is 9.42. The van der Waals surface area contributed by atoms with Crippen LogP contribution in [0.15, 0.2) is 41.3 Å². The molecule has 0 spiro atoms. The molecule has 0 saturated heterocycles. The largest absolute Gasteiger partial charge is 0.494 e. The third-order valence-electron chi connectivity index (χ3n) is 4.63. The molecule has 0 unspecified atom stereocenters. The number of halogens is 2. The van der Waals surface area contributed by atoms with Gasteiger partial charge < -0.3 is 19.4 Å². The van der Waals surface area contributed by atoms with E-state index in [9.17, 15) is 13.6 Å². The Morgan fingerprint density at radius 3 is 2.43 bits per heavy atom. The summed E-state index contributed by atoms with van der Waals surface area (Å²) in [5.74, 6) is -0.302. The molecular formula is C22H23F2N3O3. The molecule has 1 N–H and O–H groups in total. The Labute approximate surface area is 173 Å². The smallest absolute Gasteiger partial charge is 0.316 e. The van der Waals surface area contributed by atoms with Gasteiger partial charge in [0.1, 0.15) is 17.4 Å². The monoisotopic (exact) mass is 415 g/mol. The average Bonchev–Trinajstić information content (AvgIpc) is 2.70. The van der Waals surface area contributed by atoms with Crippen molar-refractivity contribution in [2.45, 2.75) is 27.3 Å². The van der Waals surface area contributed by atoms with Crippen molar-refractivity contribution in [1.82, 2.24) is 9.55 Å². The lowest BCUT2D eigenvalue weighted by Crippen LogP contribution is -2.19. The standard InChI is InChI=1S/C22H23F2N3O3/c1-5-30-16-6-7-19(13(2)8-16)25-22-26-21(28)20(29-4)12-27(22)11-15-9-17(23)14(3)18(24)10-15/h6-10,12H,5,11H2,1-4H3,(H,25,26,28). The summed E-state index contributed by atoms with van der Waals surface area (Å²) in [5, 5.41) is 3.12. The maximum Gasteiger partial charge on any atom is 0.316 e. The second-order valence-corrected chi connectivity index (χ2v) is 6.79. The maximum absolute atomic E-state index is 14.0. The number of anilines is 2. The molecule has 0 bridgehead atoms. The first-order valence-corrected chi connectivity index (χ1v) is 9.42. The summed E-state index contributed by atoms with van der Waals surface area (Å²) in [6.45, 7) is 5.80. The third kappa shape index (κ3) is 4.59. The van der Waals surface area contributed by atoms with Crippen molar-refractivity contribution in [3.8, 4) is 11.5 Å². The molecule has 6 nitrogen and oxygen atoms in total. The summed E-state index contributed by atoms with van der Waals surface area (Å²) in [7, 11) is 1.36. The van der Waals surface area contributed by atoms with E-state index in [4.69, 9.17) is 9.47 Å². The summed E-state index contributed by atoms with van der Waals surface area (Å²) in [5.41, 5.74) is 1.38. The molecular weight excluding hydrogens is 392 g/mol. The molecule has 1 heterocycles. The van der Waals surface area contributed by atoms with E-state index in [1.807, 2.05) is 26.0 Å². The van der Waals surface area contributed by atoms with Gasteiger partial charge in [-0.3, -0.25) is 4.79 Å².